The maximum atomic E-state index is 12.0. The molecule has 0 aliphatic rings. The van der Waals surface area contributed by atoms with Crippen molar-refractivity contribution < 1.29 is 14.3 Å². The topological polar surface area (TPSA) is 61.5 Å². The number of ketones is 1. The third kappa shape index (κ3) is 4.17. The van der Waals surface area contributed by atoms with Gasteiger partial charge in [-0.15, -0.1) is 0 Å². The van der Waals surface area contributed by atoms with Crippen LogP contribution in [0.4, 0.5) is 0 Å². The van der Waals surface area contributed by atoms with Crippen molar-refractivity contribution in [3.05, 3.63) is 29.8 Å². The minimum absolute atomic E-state index is 0.00560. The SMILES string of the molecule is COCCC(N)CC(=O)c1ccccc1OC. The van der Waals surface area contributed by atoms with E-state index in [1.165, 1.54) is 0 Å². The number of ether oxygens (including phenoxy) is 2. The zero-order chi connectivity index (χ0) is 12.7. The predicted octanol–water partition coefficient (Wildman–Crippen LogP) is 1.63. The maximum Gasteiger partial charge on any atom is 0.168 e. The molecule has 0 aliphatic carbocycles. The van der Waals surface area contributed by atoms with Gasteiger partial charge in [0.2, 0.25) is 0 Å². The molecule has 0 saturated carbocycles. The molecule has 17 heavy (non-hydrogen) atoms. The number of para-hydroxylation sites is 1. The first kappa shape index (κ1) is 13.7. The second-order valence-electron chi connectivity index (χ2n) is 3.87. The highest BCUT2D eigenvalue weighted by Crippen LogP contribution is 2.19. The molecule has 0 fully saturated rings. The van der Waals surface area contributed by atoms with Crippen LogP contribution in [0.3, 0.4) is 0 Å². The molecule has 0 heterocycles. The quantitative estimate of drug-likeness (QED) is 0.732. The van der Waals surface area contributed by atoms with Crippen LogP contribution in [0.2, 0.25) is 0 Å². The van der Waals surface area contributed by atoms with Crippen LogP contribution in [-0.2, 0) is 4.74 Å². The molecule has 1 rings (SSSR count). The van der Waals surface area contributed by atoms with E-state index in [-0.39, 0.29) is 11.8 Å². The van der Waals surface area contributed by atoms with Gasteiger partial charge in [0.25, 0.3) is 0 Å². The molecular formula is C13H19NO3. The molecule has 0 radical (unpaired) electrons. The molecule has 1 unspecified atom stereocenters. The van der Waals surface area contributed by atoms with Crippen molar-refractivity contribution >= 4 is 5.78 Å². The molecule has 0 aliphatic heterocycles. The fraction of sp³-hybridized carbons (Fsp3) is 0.462. The normalized spacial score (nSPS) is 12.2. The number of nitrogens with two attached hydrogens (primary N) is 1. The summed E-state index contributed by atoms with van der Waals surface area (Å²) in [5.74, 6) is 0.600. The first-order chi connectivity index (χ1) is 8.19. The molecule has 2 N–H and O–H groups in total. The van der Waals surface area contributed by atoms with E-state index in [0.717, 1.165) is 0 Å². The highest BCUT2D eigenvalue weighted by molar-refractivity contribution is 5.98. The summed E-state index contributed by atoms with van der Waals surface area (Å²) < 4.78 is 10.1. The van der Waals surface area contributed by atoms with Crippen LogP contribution in [0.25, 0.3) is 0 Å². The molecular weight excluding hydrogens is 218 g/mol. The van der Waals surface area contributed by atoms with Crippen LogP contribution in [0, 0.1) is 0 Å². The molecule has 0 saturated heterocycles. The van der Waals surface area contributed by atoms with E-state index in [1.54, 1.807) is 26.4 Å². The van der Waals surface area contributed by atoms with E-state index in [9.17, 15) is 4.79 Å². The third-order valence-electron chi connectivity index (χ3n) is 2.55. The number of rotatable bonds is 7. The third-order valence-corrected chi connectivity index (χ3v) is 2.55. The van der Waals surface area contributed by atoms with Gasteiger partial charge in [0.1, 0.15) is 5.75 Å². The Morgan fingerprint density at radius 3 is 2.71 bits per heavy atom. The average Bonchev–Trinajstić information content (AvgIpc) is 2.36. The van der Waals surface area contributed by atoms with Crippen molar-refractivity contribution in [2.45, 2.75) is 18.9 Å². The predicted molar refractivity (Wildman–Crippen MR) is 66.4 cm³/mol. The van der Waals surface area contributed by atoms with E-state index in [0.29, 0.717) is 30.8 Å². The van der Waals surface area contributed by atoms with Crippen molar-refractivity contribution in [2.24, 2.45) is 5.73 Å². The highest BCUT2D eigenvalue weighted by atomic mass is 16.5. The van der Waals surface area contributed by atoms with Crippen molar-refractivity contribution in [2.75, 3.05) is 20.8 Å². The van der Waals surface area contributed by atoms with Crippen LogP contribution >= 0.6 is 0 Å². The zero-order valence-corrected chi connectivity index (χ0v) is 10.3. The minimum Gasteiger partial charge on any atom is -0.496 e. The molecule has 1 aromatic rings. The summed E-state index contributed by atoms with van der Waals surface area (Å²) >= 11 is 0. The lowest BCUT2D eigenvalue weighted by Crippen LogP contribution is -2.25. The summed E-state index contributed by atoms with van der Waals surface area (Å²) in [6, 6.07) is 7.00. The van der Waals surface area contributed by atoms with Crippen LogP contribution in [0.1, 0.15) is 23.2 Å². The van der Waals surface area contributed by atoms with Gasteiger partial charge < -0.3 is 15.2 Å². The lowest BCUT2D eigenvalue weighted by Gasteiger charge is -2.11. The largest absolute Gasteiger partial charge is 0.496 e. The number of benzene rings is 1. The van der Waals surface area contributed by atoms with Gasteiger partial charge in [0, 0.05) is 26.2 Å². The Hall–Kier alpha value is -1.39. The van der Waals surface area contributed by atoms with Crippen molar-refractivity contribution in [1.29, 1.82) is 0 Å². The van der Waals surface area contributed by atoms with Crippen molar-refractivity contribution in [3.8, 4) is 5.75 Å². The number of carbonyl (C=O) groups is 1. The first-order valence-corrected chi connectivity index (χ1v) is 5.59. The van der Waals surface area contributed by atoms with E-state index in [2.05, 4.69) is 0 Å². The molecule has 4 heteroatoms. The summed E-state index contributed by atoms with van der Waals surface area (Å²) in [5, 5.41) is 0. The number of hydrogen-bond acceptors (Lipinski definition) is 4. The Bertz CT molecular complexity index is 365. The average molecular weight is 237 g/mol. The van der Waals surface area contributed by atoms with E-state index >= 15 is 0 Å². The Morgan fingerprint density at radius 1 is 1.35 bits per heavy atom. The van der Waals surface area contributed by atoms with Crippen LogP contribution < -0.4 is 10.5 Å². The van der Waals surface area contributed by atoms with Gasteiger partial charge in [-0.05, 0) is 18.6 Å². The molecule has 4 nitrogen and oxygen atoms in total. The monoisotopic (exact) mass is 237 g/mol. The summed E-state index contributed by atoms with van der Waals surface area (Å²) in [7, 11) is 3.17. The number of carbonyl (C=O) groups excluding carboxylic acids is 1. The molecule has 0 bridgehead atoms. The van der Waals surface area contributed by atoms with E-state index in [4.69, 9.17) is 15.2 Å². The first-order valence-electron chi connectivity index (χ1n) is 5.59. The minimum atomic E-state index is -0.174. The van der Waals surface area contributed by atoms with Gasteiger partial charge in [0.05, 0.1) is 12.7 Å². The summed E-state index contributed by atoms with van der Waals surface area (Å²) in [5.41, 5.74) is 6.43. The number of methoxy groups -OCH3 is 2. The van der Waals surface area contributed by atoms with Crippen molar-refractivity contribution in [3.63, 3.8) is 0 Å². The standard InChI is InChI=1S/C13H19NO3/c1-16-8-7-10(14)9-12(15)11-5-3-4-6-13(11)17-2/h3-6,10H,7-9,14H2,1-2H3. The van der Waals surface area contributed by atoms with Gasteiger partial charge in [0.15, 0.2) is 5.78 Å². The molecule has 1 atom stereocenters. The van der Waals surface area contributed by atoms with Gasteiger partial charge in [-0.3, -0.25) is 4.79 Å². The van der Waals surface area contributed by atoms with Crippen LogP contribution in [0.15, 0.2) is 24.3 Å². The van der Waals surface area contributed by atoms with Crippen molar-refractivity contribution in [1.82, 2.24) is 0 Å². The molecule has 0 spiro atoms. The summed E-state index contributed by atoms with van der Waals surface area (Å²) in [4.78, 5) is 12.0. The van der Waals surface area contributed by atoms with Gasteiger partial charge in [-0.25, -0.2) is 0 Å². The second-order valence-corrected chi connectivity index (χ2v) is 3.87. The molecule has 1 aromatic carbocycles. The molecule has 0 aromatic heterocycles. The van der Waals surface area contributed by atoms with Gasteiger partial charge in [-0.1, -0.05) is 12.1 Å². The van der Waals surface area contributed by atoms with Gasteiger partial charge >= 0.3 is 0 Å². The maximum absolute atomic E-state index is 12.0. The summed E-state index contributed by atoms with van der Waals surface area (Å²) in [6.07, 6.45) is 0.987. The van der Waals surface area contributed by atoms with Gasteiger partial charge in [-0.2, -0.15) is 0 Å². The Balaban J connectivity index is 2.63. The second kappa shape index (κ2) is 7.04. The Morgan fingerprint density at radius 2 is 2.06 bits per heavy atom. The Labute approximate surface area is 102 Å². The fourth-order valence-corrected chi connectivity index (χ4v) is 1.59. The lowest BCUT2D eigenvalue weighted by atomic mass is 10.0. The lowest BCUT2D eigenvalue weighted by molar-refractivity contribution is 0.0964. The van der Waals surface area contributed by atoms with Crippen LogP contribution in [-0.4, -0.2) is 32.7 Å². The van der Waals surface area contributed by atoms with Crippen LogP contribution in [0.5, 0.6) is 5.75 Å². The molecule has 94 valence electrons. The molecule has 0 amide bonds. The number of Topliss-reactive ketones (excluding diaryl/α,β-unsaturated/α-hetero) is 1. The smallest absolute Gasteiger partial charge is 0.168 e. The fourth-order valence-electron chi connectivity index (χ4n) is 1.59. The highest BCUT2D eigenvalue weighted by Gasteiger charge is 2.15. The van der Waals surface area contributed by atoms with E-state index < -0.39 is 0 Å². The zero-order valence-electron chi connectivity index (χ0n) is 10.3. The Kier molecular flexibility index (Phi) is 5.66. The number of hydrogen-bond donors (Lipinski definition) is 1. The summed E-state index contributed by atoms with van der Waals surface area (Å²) in [6.45, 7) is 0.570. The van der Waals surface area contributed by atoms with E-state index in [1.807, 2.05) is 12.1 Å².